The van der Waals surface area contributed by atoms with Gasteiger partial charge < -0.3 is 9.84 Å². The molecule has 0 aliphatic rings. The van der Waals surface area contributed by atoms with E-state index in [0.717, 1.165) is 10.9 Å². The van der Waals surface area contributed by atoms with E-state index in [-0.39, 0.29) is 29.8 Å². The molecule has 0 radical (unpaired) electrons. The van der Waals surface area contributed by atoms with Gasteiger partial charge in [0.25, 0.3) is 0 Å². The first-order chi connectivity index (χ1) is 14.7. The fourth-order valence-electron chi connectivity index (χ4n) is 2.88. The highest BCUT2D eigenvalue weighted by Crippen LogP contribution is 2.28. The van der Waals surface area contributed by atoms with E-state index in [1.807, 2.05) is 6.92 Å². The highest BCUT2D eigenvalue weighted by Gasteiger charge is 2.17. The van der Waals surface area contributed by atoms with Crippen LogP contribution >= 0.6 is 0 Å². The molecule has 1 unspecified atom stereocenters. The predicted octanol–water partition coefficient (Wildman–Crippen LogP) is 2.84. The van der Waals surface area contributed by atoms with E-state index < -0.39 is 21.2 Å². The van der Waals surface area contributed by atoms with Crippen LogP contribution < -0.4 is 10.3 Å². The van der Waals surface area contributed by atoms with Crippen molar-refractivity contribution in [3.05, 3.63) is 70.9 Å². The van der Waals surface area contributed by atoms with Gasteiger partial charge in [0.15, 0.2) is 15.6 Å². The van der Waals surface area contributed by atoms with E-state index >= 15 is 0 Å². The molecule has 7 nitrogen and oxygen atoms in total. The van der Waals surface area contributed by atoms with Crippen LogP contribution in [0, 0.1) is 11.7 Å². The van der Waals surface area contributed by atoms with Gasteiger partial charge in [-0.25, -0.2) is 12.8 Å². The Morgan fingerprint density at radius 2 is 1.77 bits per heavy atom. The summed E-state index contributed by atoms with van der Waals surface area (Å²) < 4.78 is 43.6. The van der Waals surface area contributed by atoms with Crippen molar-refractivity contribution in [1.82, 2.24) is 9.78 Å². The molecule has 0 fully saturated rings. The number of benzene rings is 2. The lowest BCUT2D eigenvalue weighted by molar-refractivity contribution is 0.201. The third kappa shape index (κ3) is 5.36. The summed E-state index contributed by atoms with van der Waals surface area (Å²) in [6.07, 6.45) is 3.09. The third-order valence-corrected chi connectivity index (χ3v) is 5.90. The third-order valence-electron chi connectivity index (χ3n) is 4.77. The molecule has 0 saturated carbocycles. The molecule has 1 heterocycles. The maximum atomic E-state index is 13.3. The van der Waals surface area contributed by atoms with Crippen molar-refractivity contribution >= 4 is 9.84 Å². The van der Waals surface area contributed by atoms with Gasteiger partial charge in [0, 0.05) is 18.4 Å². The van der Waals surface area contributed by atoms with Gasteiger partial charge in [-0.15, -0.1) is 0 Å². The van der Waals surface area contributed by atoms with Gasteiger partial charge in [0.1, 0.15) is 5.82 Å². The summed E-state index contributed by atoms with van der Waals surface area (Å²) in [5, 5.41) is 13.4. The number of nitrogens with zero attached hydrogens (tertiary/aromatic N) is 2. The zero-order valence-corrected chi connectivity index (χ0v) is 18.0. The summed E-state index contributed by atoms with van der Waals surface area (Å²) in [6.45, 7) is 2.05. The minimum Gasteiger partial charge on any atom is -0.487 e. The number of sulfone groups is 1. The SMILES string of the molecule is CC(CO)CCOc1c(-c2ccc(S(C)(=O)=O)cc2)cnn(-c2ccc(F)cc2)c1=O. The Bertz CT molecular complexity index is 1210. The second-order valence-corrected chi connectivity index (χ2v) is 9.32. The fourth-order valence-corrected chi connectivity index (χ4v) is 3.51. The summed E-state index contributed by atoms with van der Waals surface area (Å²) in [5.74, 6) is -0.399. The van der Waals surface area contributed by atoms with Crippen LogP contribution in [-0.4, -0.2) is 42.8 Å². The van der Waals surface area contributed by atoms with Gasteiger partial charge in [-0.2, -0.15) is 9.78 Å². The van der Waals surface area contributed by atoms with E-state index in [9.17, 15) is 22.7 Å². The van der Waals surface area contributed by atoms with Crippen LogP contribution in [0.25, 0.3) is 16.8 Å². The monoisotopic (exact) mass is 446 g/mol. The van der Waals surface area contributed by atoms with Crippen LogP contribution in [0.1, 0.15) is 13.3 Å². The summed E-state index contributed by atoms with van der Waals surface area (Å²) in [7, 11) is -3.36. The zero-order chi connectivity index (χ0) is 22.6. The van der Waals surface area contributed by atoms with Crippen molar-refractivity contribution in [3.8, 4) is 22.6 Å². The maximum Gasteiger partial charge on any atom is 0.314 e. The van der Waals surface area contributed by atoms with Gasteiger partial charge >= 0.3 is 5.56 Å². The lowest BCUT2D eigenvalue weighted by Gasteiger charge is -2.15. The molecule has 1 aromatic heterocycles. The van der Waals surface area contributed by atoms with E-state index in [0.29, 0.717) is 23.2 Å². The van der Waals surface area contributed by atoms with Crippen molar-refractivity contribution in [1.29, 1.82) is 0 Å². The first-order valence-electron chi connectivity index (χ1n) is 9.63. The molecular formula is C22H23FN2O5S. The summed E-state index contributed by atoms with van der Waals surface area (Å²) >= 11 is 0. The maximum absolute atomic E-state index is 13.3. The molecule has 2 aromatic carbocycles. The zero-order valence-electron chi connectivity index (χ0n) is 17.2. The van der Waals surface area contributed by atoms with Crippen molar-refractivity contribution < 1.29 is 22.7 Å². The lowest BCUT2D eigenvalue weighted by atomic mass is 10.1. The average Bonchev–Trinajstić information content (AvgIpc) is 2.75. The van der Waals surface area contributed by atoms with Gasteiger partial charge in [-0.1, -0.05) is 19.1 Å². The first-order valence-corrected chi connectivity index (χ1v) is 11.5. The Balaban J connectivity index is 2.06. The van der Waals surface area contributed by atoms with Gasteiger partial charge in [0.05, 0.1) is 23.4 Å². The molecule has 0 saturated heterocycles. The molecule has 1 atom stereocenters. The molecule has 0 aliphatic carbocycles. The van der Waals surface area contributed by atoms with Crippen LogP contribution in [-0.2, 0) is 9.84 Å². The van der Waals surface area contributed by atoms with Crippen LogP contribution in [0.15, 0.2) is 64.4 Å². The van der Waals surface area contributed by atoms with Crippen molar-refractivity contribution in [2.24, 2.45) is 5.92 Å². The number of aliphatic hydroxyl groups excluding tert-OH is 1. The van der Waals surface area contributed by atoms with Crippen molar-refractivity contribution in [2.75, 3.05) is 19.5 Å². The molecule has 0 bridgehead atoms. The minimum absolute atomic E-state index is 0.000667. The first kappa shape index (κ1) is 22.6. The summed E-state index contributed by atoms with van der Waals surface area (Å²) in [5.41, 5.74) is 0.806. The van der Waals surface area contributed by atoms with Crippen LogP contribution in [0.2, 0.25) is 0 Å². The Hall–Kier alpha value is -3.04. The van der Waals surface area contributed by atoms with E-state index in [4.69, 9.17) is 4.74 Å². The van der Waals surface area contributed by atoms with Crippen LogP contribution in [0.4, 0.5) is 4.39 Å². The van der Waals surface area contributed by atoms with Gasteiger partial charge in [-0.3, -0.25) is 4.79 Å². The smallest absolute Gasteiger partial charge is 0.314 e. The number of halogens is 1. The van der Waals surface area contributed by atoms with E-state index in [1.165, 1.54) is 42.6 Å². The average molecular weight is 447 g/mol. The molecule has 31 heavy (non-hydrogen) atoms. The van der Waals surface area contributed by atoms with Crippen LogP contribution in [0.5, 0.6) is 5.75 Å². The molecule has 9 heteroatoms. The highest BCUT2D eigenvalue weighted by molar-refractivity contribution is 7.90. The quantitative estimate of drug-likeness (QED) is 0.571. The van der Waals surface area contributed by atoms with Crippen molar-refractivity contribution in [3.63, 3.8) is 0 Å². The predicted molar refractivity (Wildman–Crippen MR) is 115 cm³/mol. The molecule has 0 aliphatic heterocycles. The van der Waals surface area contributed by atoms with E-state index in [1.54, 1.807) is 12.1 Å². The van der Waals surface area contributed by atoms with E-state index in [2.05, 4.69) is 5.10 Å². The molecule has 1 N–H and O–H groups in total. The number of rotatable bonds is 8. The largest absolute Gasteiger partial charge is 0.487 e. The number of aromatic nitrogens is 2. The normalized spacial score (nSPS) is 12.5. The Morgan fingerprint density at radius 3 is 2.35 bits per heavy atom. The van der Waals surface area contributed by atoms with Gasteiger partial charge in [0.2, 0.25) is 0 Å². The lowest BCUT2D eigenvalue weighted by Crippen LogP contribution is -2.24. The van der Waals surface area contributed by atoms with Crippen molar-refractivity contribution in [2.45, 2.75) is 18.2 Å². The molecular weight excluding hydrogens is 423 g/mol. The van der Waals surface area contributed by atoms with Crippen LogP contribution in [0.3, 0.4) is 0 Å². The number of hydrogen-bond acceptors (Lipinski definition) is 6. The summed E-state index contributed by atoms with van der Waals surface area (Å²) in [6, 6.07) is 11.4. The second kappa shape index (κ2) is 9.40. The molecule has 3 aromatic rings. The Labute approximate surface area is 179 Å². The Morgan fingerprint density at radius 1 is 1.13 bits per heavy atom. The molecule has 164 valence electrons. The van der Waals surface area contributed by atoms with Gasteiger partial charge in [-0.05, 0) is 54.3 Å². The molecule has 3 rings (SSSR count). The second-order valence-electron chi connectivity index (χ2n) is 7.30. The highest BCUT2D eigenvalue weighted by atomic mass is 32.2. The minimum atomic E-state index is -3.36. The summed E-state index contributed by atoms with van der Waals surface area (Å²) in [4.78, 5) is 13.3. The topological polar surface area (TPSA) is 98.5 Å². The number of hydrogen-bond donors (Lipinski definition) is 1. The fraction of sp³-hybridized carbons (Fsp3) is 0.273. The standard InChI is InChI=1S/C22H23FN2O5S/c1-15(14-26)11-12-30-21-20(16-3-9-19(10-4-16)31(2,28)29)13-24-25(22(21)27)18-7-5-17(23)6-8-18/h3-10,13,15,26H,11-12,14H2,1-2H3. The number of aliphatic hydroxyl groups is 1. The molecule has 0 amide bonds. The molecule has 0 spiro atoms. The number of ether oxygens (including phenoxy) is 1. The Kier molecular flexibility index (Phi) is 6.87.